The lowest BCUT2D eigenvalue weighted by molar-refractivity contribution is -0.121. The van der Waals surface area contributed by atoms with Gasteiger partial charge >= 0.3 is 0 Å². The molecule has 5 N–H and O–H groups in total. The van der Waals surface area contributed by atoms with E-state index in [9.17, 15) is 9.35 Å². The molecule has 0 bridgehead atoms. The van der Waals surface area contributed by atoms with Crippen LogP contribution in [0.25, 0.3) is 0 Å². The van der Waals surface area contributed by atoms with Gasteiger partial charge in [0.05, 0.1) is 6.10 Å². The van der Waals surface area contributed by atoms with Crippen LogP contribution in [0.2, 0.25) is 0 Å². The molecule has 0 radical (unpaired) electrons. The maximum Gasteiger partial charge on any atom is 0.282 e. The Bertz CT molecular complexity index is 471. The van der Waals surface area contributed by atoms with Crippen LogP contribution in [-0.2, 0) is 20.7 Å². The van der Waals surface area contributed by atoms with E-state index in [1.54, 1.807) is 21.0 Å². The predicted octanol–water partition coefficient (Wildman–Crippen LogP) is 0.710. The van der Waals surface area contributed by atoms with Crippen molar-refractivity contribution in [2.24, 2.45) is 10.9 Å². The van der Waals surface area contributed by atoms with E-state index in [0.717, 1.165) is 25.7 Å². The fourth-order valence-corrected chi connectivity index (χ4v) is 4.34. The Labute approximate surface area is 153 Å². The van der Waals surface area contributed by atoms with Gasteiger partial charge in [-0.2, -0.15) is 0 Å². The van der Waals surface area contributed by atoms with Crippen molar-refractivity contribution in [1.29, 1.82) is 0 Å². The summed E-state index contributed by atoms with van der Waals surface area (Å²) in [7, 11) is 1.70. The van der Waals surface area contributed by atoms with Gasteiger partial charge in [-0.1, -0.05) is 0 Å². The van der Waals surface area contributed by atoms with Crippen LogP contribution < -0.4 is 22.0 Å². The highest BCUT2D eigenvalue weighted by Gasteiger charge is 2.45. The number of guanidine groups is 1. The fraction of sp³-hybridized carbons (Fsp3) is 0.875. The summed E-state index contributed by atoms with van der Waals surface area (Å²) in [6.45, 7) is 9.17. The van der Waals surface area contributed by atoms with Crippen LogP contribution in [0.3, 0.4) is 0 Å². The minimum Gasteiger partial charge on any atom is -0.615 e. The van der Waals surface area contributed by atoms with Crippen LogP contribution in [0.5, 0.6) is 0 Å². The summed E-state index contributed by atoms with van der Waals surface area (Å²) in [6.07, 6.45) is 3.57. The fourth-order valence-electron chi connectivity index (χ4n) is 2.57. The molecule has 1 rings (SSSR count). The Morgan fingerprint density at radius 2 is 1.76 bits per heavy atom. The van der Waals surface area contributed by atoms with E-state index in [2.05, 4.69) is 21.3 Å². The van der Waals surface area contributed by atoms with Gasteiger partial charge in [0.15, 0.2) is 4.75 Å². The van der Waals surface area contributed by atoms with Gasteiger partial charge in [-0.3, -0.25) is 15.5 Å². The summed E-state index contributed by atoms with van der Waals surface area (Å²) in [5.74, 6) is 5.13. The highest BCUT2D eigenvalue weighted by atomic mass is 32.2. The van der Waals surface area contributed by atoms with Crippen molar-refractivity contribution in [3.05, 3.63) is 0 Å². The number of hydrazine groups is 1. The molecule has 9 heteroatoms. The third kappa shape index (κ3) is 6.65. The monoisotopic (exact) mass is 375 g/mol. The molecular formula is C16H33N5O3S. The number of ether oxygens (including phenoxy) is 1. The number of hydrazone groups is 1. The summed E-state index contributed by atoms with van der Waals surface area (Å²) in [5.41, 5.74) is 4.95. The van der Waals surface area contributed by atoms with Crippen LogP contribution in [0.15, 0.2) is 5.10 Å². The van der Waals surface area contributed by atoms with Gasteiger partial charge in [0.1, 0.15) is 5.25 Å². The van der Waals surface area contributed by atoms with Gasteiger partial charge in [-0.05, 0) is 71.5 Å². The van der Waals surface area contributed by atoms with E-state index in [-0.39, 0.29) is 28.8 Å². The smallest absolute Gasteiger partial charge is 0.282 e. The first-order valence-corrected chi connectivity index (χ1v) is 9.79. The zero-order chi connectivity index (χ0) is 19.3. The number of amides is 1. The molecule has 0 aromatic heterocycles. The third-order valence-corrected chi connectivity index (χ3v) is 6.45. The van der Waals surface area contributed by atoms with Crippen LogP contribution in [0.1, 0.15) is 60.3 Å². The first kappa shape index (κ1) is 22.0. The topological polar surface area (TPSA) is 124 Å². The highest BCUT2D eigenvalue weighted by molar-refractivity contribution is 7.94. The molecule has 0 spiro atoms. The van der Waals surface area contributed by atoms with Gasteiger partial charge in [0.2, 0.25) is 5.96 Å². The second-order valence-corrected chi connectivity index (χ2v) is 10.1. The van der Waals surface area contributed by atoms with Gasteiger partial charge in [0, 0.05) is 12.6 Å². The second kappa shape index (κ2) is 9.07. The molecule has 0 aromatic carbocycles. The lowest BCUT2D eigenvalue weighted by Gasteiger charge is -2.36. The molecule has 1 atom stereocenters. The van der Waals surface area contributed by atoms with Crippen molar-refractivity contribution < 1.29 is 14.1 Å². The number of rotatable bonds is 5. The summed E-state index contributed by atoms with van der Waals surface area (Å²) in [5, 5.41) is 6.65. The molecule has 1 saturated carbocycles. The number of nitrogens with zero attached hydrogens (tertiary/aromatic N) is 1. The number of nitrogens with two attached hydrogens (primary N) is 1. The van der Waals surface area contributed by atoms with Crippen molar-refractivity contribution >= 4 is 23.0 Å². The maximum atomic E-state index is 12.9. The van der Waals surface area contributed by atoms with E-state index in [1.807, 2.05) is 20.8 Å². The molecule has 0 heterocycles. The summed E-state index contributed by atoms with van der Waals surface area (Å²) in [4.78, 5) is 12.6. The standard InChI is InChI=1S/C16H33N5O3S/c1-15(2,3)21-20-14(19-17)18-13(22)16(4,5)25(23)12-9-7-11(24-6)8-10-12/h11-12,21H,7-10,17H2,1-6H3,(H2,18,19,20,22)/t11-,12+,25?. The average molecular weight is 376 g/mol. The predicted molar refractivity (Wildman–Crippen MR) is 101 cm³/mol. The summed E-state index contributed by atoms with van der Waals surface area (Å²) < 4.78 is 17.2. The molecule has 8 nitrogen and oxygen atoms in total. The largest absolute Gasteiger partial charge is 0.615 e. The average Bonchev–Trinajstić information content (AvgIpc) is 2.56. The number of carbonyl (C=O) groups is 1. The Morgan fingerprint density at radius 3 is 2.20 bits per heavy atom. The first-order chi connectivity index (χ1) is 11.5. The molecule has 25 heavy (non-hydrogen) atoms. The van der Waals surface area contributed by atoms with Gasteiger partial charge in [-0.15, -0.1) is 5.10 Å². The van der Waals surface area contributed by atoms with Crippen molar-refractivity contribution in [1.82, 2.24) is 16.2 Å². The Kier molecular flexibility index (Phi) is 7.98. The number of methoxy groups -OCH3 is 1. The van der Waals surface area contributed by atoms with Gasteiger partial charge < -0.3 is 14.7 Å². The van der Waals surface area contributed by atoms with Gasteiger partial charge in [0.25, 0.3) is 5.91 Å². The van der Waals surface area contributed by atoms with E-state index in [0.29, 0.717) is 0 Å². The Morgan fingerprint density at radius 1 is 1.20 bits per heavy atom. The summed E-state index contributed by atoms with van der Waals surface area (Å²) in [6, 6.07) is 0. The third-order valence-electron chi connectivity index (χ3n) is 4.18. The zero-order valence-electron chi connectivity index (χ0n) is 16.1. The highest BCUT2D eigenvalue weighted by Crippen LogP contribution is 2.32. The van der Waals surface area contributed by atoms with Crippen molar-refractivity contribution in [3.8, 4) is 0 Å². The van der Waals surface area contributed by atoms with E-state index < -0.39 is 15.9 Å². The van der Waals surface area contributed by atoms with Crippen molar-refractivity contribution in [3.63, 3.8) is 0 Å². The van der Waals surface area contributed by atoms with Crippen LogP contribution in [-0.4, -0.2) is 45.2 Å². The first-order valence-electron chi connectivity index (χ1n) is 8.57. The molecule has 1 fully saturated rings. The second-order valence-electron chi connectivity index (χ2n) is 7.86. The van der Waals surface area contributed by atoms with Crippen LogP contribution in [0, 0.1) is 0 Å². The maximum absolute atomic E-state index is 12.9. The minimum absolute atomic E-state index is 0.00826. The SMILES string of the molecule is CO[C@H]1CC[C@@H]([S+]([O-])C(C)(C)C(=O)N/C(=N/NC(C)(C)C)NN)CC1. The molecule has 1 unspecified atom stereocenters. The normalized spacial score (nSPS) is 23.8. The molecular weight excluding hydrogens is 342 g/mol. The zero-order valence-corrected chi connectivity index (χ0v) is 17.0. The summed E-state index contributed by atoms with van der Waals surface area (Å²) >= 11 is -1.31. The Balaban J connectivity index is 2.70. The molecule has 1 amide bonds. The van der Waals surface area contributed by atoms with Crippen molar-refractivity contribution in [2.75, 3.05) is 7.11 Å². The molecule has 0 aromatic rings. The van der Waals surface area contributed by atoms with E-state index >= 15 is 0 Å². The van der Waals surface area contributed by atoms with Crippen molar-refractivity contribution in [2.45, 2.75) is 81.9 Å². The molecule has 1 aliphatic rings. The van der Waals surface area contributed by atoms with E-state index in [1.165, 1.54) is 0 Å². The van der Waals surface area contributed by atoms with Gasteiger partial charge in [-0.25, -0.2) is 5.84 Å². The quantitative estimate of drug-likeness (QED) is 0.184. The molecule has 1 aliphatic carbocycles. The number of hydrogen-bond donors (Lipinski definition) is 4. The lowest BCUT2D eigenvalue weighted by Crippen LogP contribution is -2.57. The number of nitrogens with one attached hydrogen (secondary N) is 3. The van der Waals surface area contributed by atoms with Crippen LogP contribution >= 0.6 is 0 Å². The Hall–Kier alpha value is -1.03. The molecule has 0 saturated heterocycles. The van der Waals surface area contributed by atoms with E-state index in [4.69, 9.17) is 10.6 Å². The van der Waals surface area contributed by atoms with Crippen LogP contribution in [0.4, 0.5) is 0 Å². The molecule has 146 valence electrons. The number of carbonyl (C=O) groups excluding carboxylic acids is 1. The number of hydrogen-bond acceptors (Lipinski definition) is 6. The molecule has 0 aliphatic heterocycles. The minimum atomic E-state index is -1.31. The lowest BCUT2D eigenvalue weighted by atomic mass is 9.97.